The largest absolute Gasteiger partial charge is 0.497 e. The number of rotatable bonds is 6. The summed E-state index contributed by atoms with van der Waals surface area (Å²) in [5.74, 6) is 1.71. The van der Waals surface area contributed by atoms with E-state index in [2.05, 4.69) is 0 Å². The second-order valence-electron chi connectivity index (χ2n) is 4.68. The van der Waals surface area contributed by atoms with Gasteiger partial charge in [0.25, 0.3) is 0 Å². The SMILES string of the molecule is COc1cccc(CCC(=O)N(C)Cc2ccco2)c1. The first kappa shape index (κ1) is 14.2. The van der Waals surface area contributed by atoms with Crippen LogP contribution in [0.3, 0.4) is 0 Å². The maximum atomic E-state index is 12.1. The summed E-state index contributed by atoms with van der Waals surface area (Å²) in [5, 5.41) is 0. The zero-order chi connectivity index (χ0) is 14.4. The van der Waals surface area contributed by atoms with Crippen LogP contribution in [-0.2, 0) is 17.8 Å². The minimum atomic E-state index is 0.101. The number of amides is 1. The van der Waals surface area contributed by atoms with E-state index in [9.17, 15) is 4.79 Å². The second-order valence-corrected chi connectivity index (χ2v) is 4.68. The third-order valence-electron chi connectivity index (χ3n) is 3.16. The molecule has 0 bridgehead atoms. The van der Waals surface area contributed by atoms with Crippen LogP contribution in [0.5, 0.6) is 5.75 Å². The van der Waals surface area contributed by atoms with Crippen molar-refractivity contribution in [3.05, 3.63) is 54.0 Å². The van der Waals surface area contributed by atoms with E-state index in [0.717, 1.165) is 17.1 Å². The Bertz CT molecular complexity index is 549. The molecule has 0 saturated carbocycles. The number of nitrogens with zero attached hydrogens (tertiary/aromatic N) is 1. The van der Waals surface area contributed by atoms with Crippen LogP contribution in [0.15, 0.2) is 47.1 Å². The first-order chi connectivity index (χ1) is 9.69. The smallest absolute Gasteiger partial charge is 0.223 e. The molecule has 0 unspecified atom stereocenters. The van der Waals surface area contributed by atoms with Crippen LogP contribution in [0, 0.1) is 0 Å². The Morgan fingerprint density at radius 3 is 2.85 bits per heavy atom. The molecule has 20 heavy (non-hydrogen) atoms. The average Bonchev–Trinajstić information content (AvgIpc) is 2.97. The molecule has 0 fully saturated rings. The highest BCUT2D eigenvalue weighted by Gasteiger charge is 2.10. The fraction of sp³-hybridized carbons (Fsp3) is 0.312. The maximum absolute atomic E-state index is 12.1. The minimum absolute atomic E-state index is 0.101. The van der Waals surface area contributed by atoms with Crippen molar-refractivity contribution in [3.63, 3.8) is 0 Å². The summed E-state index contributed by atoms with van der Waals surface area (Å²) in [4.78, 5) is 13.7. The summed E-state index contributed by atoms with van der Waals surface area (Å²) in [6.07, 6.45) is 2.80. The molecule has 1 amide bonds. The first-order valence-corrected chi connectivity index (χ1v) is 6.58. The molecule has 0 radical (unpaired) electrons. The second kappa shape index (κ2) is 6.80. The van der Waals surface area contributed by atoms with Crippen molar-refractivity contribution in [2.45, 2.75) is 19.4 Å². The zero-order valence-electron chi connectivity index (χ0n) is 11.8. The predicted octanol–water partition coefficient (Wildman–Crippen LogP) is 2.88. The average molecular weight is 273 g/mol. The number of furan rings is 1. The van der Waals surface area contributed by atoms with Crippen molar-refractivity contribution in [2.24, 2.45) is 0 Å². The molecule has 0 aliphatic rings. The molecule has 0 atom stereocenters. The molecule has 1 heterocycles. The zero-order valence-corrected chi connectivity index (χ0v) is 11.8. The number of hydrogen-bond donors (Lipinski definition) is 0. The summed E-state index contributed by atoms with van der Waals surface area (Å²) >= 11 is 0. The van der Waals surface area contributed by atoms with Gasteiger partial charge < -0.3 is 14.1 Å². The number of benzene rings is 1. The van der Waals surface area contributed by atoms with Gasteiger partial charge in [-0.1, -0.05) is 12.1 Å². The molecule has 0 N–H and O–H groups in total. The van der Waals surface area contributed by atoms with Crippen LogP contribution >= 0.6 is 0 Å². The van der Waals surface area contributed by atoms with Gasteiger partial charge in [-0.05, 0) is 36.2 Å². The highest BCUT2D eigenvalue weighted by molar-refractivity contribution is 5.76. The highest BCUT2D eigenvalue weighted by Crippen LogP contribution is 2.14. The maximum Gasteiger partial charge on any atom is 0.223 e. The van der Waals surface area contributed by atoms with Crippen molar-refractivity contribution in [1.82, 2.24) is 4.90 Å². The Morgan fingerprint density at radius 2 is 2.15 bits per heavy atom. The van der Waals surface area contributed by atoms with Crippen molar-refractivity contribution < 1.29 is 13.9 Å². The van der Waals surface area contributed by atoms with E-state index in [0.29, 0.717) is 19.4 Å². The summed E-state index contributed by atoms with van der Waals surface area (Å²) in [7, 11) is 3.43. The van der Waals surface area contributed by atoms with Crippen LogP contribution in [0.25, 0.3) is 0 Å². The van der Waals surface area contributed by atoms with E-state index in [1.54, 1.807) is 25.3 Å². The van der Waals surface area contributed by atoms with Crippen LogP contribution in [0.2, 0.25) is 0 Å². The van der Waals surface area contributed by atoms with Crippen LogP contribution in [0.4, 0.5) is 0 Å². The molecule has 2 rings (SSSR count). The summed E-state index contributed by atoms with van der Waals surface area (Å²) in [5.41, 5.74) is 1.10. The third-order valence-corrected chi connectivity index (χ3v) is 3.16. The van der Waals surface area contributed by atoms with Crippen LogP contribution < -0.4 is 4.74 Å². The van der Waals surface area contributed by atoms with E-state index >= 15 is 0 Å². The lowest BCUT2D eigenvalue weighted by Crippen LogP contribution is -2.26. The molecule has 106 valence electrons. The van der Waals surface area contributed by atoms with E-state index in [-0.39, 0.29) is 5.91 Å². The van der Waals surface area contributed by atoms with Gasteiger partial charge in [0.1, 0.15) is 11.5 Å². The molecule has 0 aliphatic carbocycles. The number of carbonyl (C=O) groups is 1. The van der Waals surface area contributed by atoms with Crippen molar-refractivity contribution in [2.75, 3.05) is 14.2 Å². The topological polar surface area (TPSA) is 42.7 Å². The van der Waals surface area contributed by atoms with Gasteiger partial charge in [-0.3, -0.25) is 4.79 Å². The minimum Gasteiger partial charge on any atom is -0.497 e. The molecular formula is C16H19NO3. The first-order valence-electron chi connectivity index (χ1n) is 6.58. The van der Waals surface area contributed by atoms with Crippen molar-refractivity contribution >= 4 is 5.91 Å². The van der Waals surface area contributed by atoms with Gasteiger partial charge in [0.2, 0.25) is 5.91 Å². The van der Waals surface area contributed by atoms with Gasteiger partial charge in [0, 0.05) is 13.5 Å². The Kier molecular flexibility index (Phi) is 4.82. The number of ether oxygens (including phenoxy) is 1. The van der Waals surface area contributed by atoms with E-state index in [4.69, 9.17) is 9.15 Å². The third kappa shape index (κ3) is 3.88. The molecule has 4 nitrogen and oxygen atoms in total. The van der Waals surface area contributed by atoms with Crippen molar-refractivity contribution in [1.29, 1.82) is 0 Å². The molecule has 0 aliphatic heterocycles. The van der Waals surface area contributed by atoms with Crippen LogP contribution in [0.1, 0.15) is 17.7 Å². The molecule has 1 aromatic carbocycles. The molecule has 0 saturated heterocycles. The number of methoxy groups -OCH3 is 1. The van der Waals surface area contributed by atoms with Gasteiger partial charge in [0.15, 0.2) is 0 Å². The lowest BCUT2D eigenvalue weighted by molar-refractivity contribution is -0.130. The van der Waals surface area contributed by atoms with Crippen molar-refractivity contribution in [3.8, 4) is 5.75 Å². The van der Waals surface area contributed by atoms with Gasteiger partial charge in [0.05, 0.1) is 19.9 Å². The normalized spacial score (nSPS) is 10.3. The van der Waals surface area contributed by atoms with Gasteiger partial charge in [-0.15, -0.1) is 0 Å². The van der Waals surface area contributed by atoms with Gasteiger partial charge in [-0.2, -0.15) is 0 Å². The molecule has 0 spiro atoms. The fourth-order valence-corrected chi connectivity index (χ4v) is 1.99. The van der Waals surface area contributed by atoms with E-state index in [1.807, 2.05) is 36.4 Å². The monoisotopic (exact) mass is 273 g/mol. The van der Waals surface area contributed by atoms with Gasteiger partial charge >= 0.3 is 0 Å². The number of carbonyl (C=O) groups excluding carboxylic acids is 1. The summed E-state index contributed by atoms with van der Waals surface area (Å²) in [6.45, 7) is 0.504. The lowest BCUT2D eigenvalue weighted by Gasteiger charge is -2.15. The fourth-order valence-electron chi connectivity index (χ4n) is 1.99. The molecular weight excluding hydrogens is 254 g/mol. The molecule has 4 heteroatoms. The van der Waals surface area contributed by atoms with E-state index < -0.39 is 0 Å². The molecule has 2 aromatic rings. The quantitative estimate of drug-likeness (QED) is 0.812. The Hall–Kier alpha value is -2.23. The Balaban J connectivity index is 1.84. The Labute approximate surface area is 119 Å². The van der Waals surface area contributed by atoms with Crippen LogP contribution in [-0.4, -0.2) is 25.0 Å². The number of aryl methyl sites for hydroxylation is 1. The summed E-state index contributed by atoms with van der Waals surface area (Å²) < 4.78 is 10.4. The van der Waals surface area contributed by atoms with Gasteiger partial charge in [-0.25, -0.2) is 0 Å². The molecule has 1 aromatic heterocycles. The summed E-state index contributed by atoms with van der Waals surface area (Å²) in [6, 6.07) is 11.5. The Morgan fingerprint density at radius 1 is 1.30 bits per heavy atom. The number of hydrogen-bond acceptors (Lipinski definition) is 3. The van der Waals surface area contributed by atoms with E-state index in [1.165, 1.54) is 0 Å². The lowest BCUT2D eigenvalue weighted by atomic mass is 10.1. The predicted molar refractivity (Wildman–Crippen MR) is 76.5 cm³/mol. The highest BCUT2D eigenvalue weighted by atomic mass is 16.5. The standard InChI is InChI=1S/C16H19NO3/c1-17(12-15-7-4-10-20-15)16(18)9-8-13-5-3-6-14(11-13)19-2/h3-7,10-11H,8-9,12H2,1-2H3.